The first-order chi connectivity index (χ1) is 5.34. The number of H-pyrrole nitrogens is 1. The summed E-state index contributed by atoms with van der Waals surface area (Å²) in [4.78, 5) is 9.89. The van der Waals surface area contributed by atoms with Crippen LogP contribution >= 0.6 is 0 Å². The van der Waals surface area contributed by atoms with E-state index in [9.17, 15) is 4.79 Å². The Balaban J connectivity index is 2.72. The Bertz CT molecular complexity index is 303. The molecule has 1 rings (SSSR count). The van der Waals surface area contributed by atoms with E-state index < -0.39 is 0 Å². The van der Waals surface area contributed by atoms with Crippen molar-refractivity contribution in [3.8, 4) is 11.8 Å². The van der Waals surface area contributed by atoms with Crippen LogP contribution in [0.1, 0.15) is 17.7 Å². The van der Waals surface area contributed by atoms with Crippen LogP contribution in [0.2, 0.25) is 0 Å². The molecule has 0 bridgehead atoms. The van der Waals surface area contributed by atoms with Crippen molar-refractivity contribution in [2.24, 2.45) is 0 Å². The number of rotatable bonds is 1. The molecule has 1 aromatic heterocycles. The Hall–Kier alpha value is -1.56. The van der Waals surface area contributed by atoms with Crippen LogP contribution in [-0.4, -0.2) is 16.5 Å². The smallest absolute Gasteiger partial charge is 0.131 e. The van der Waals surface area contributed by atoms with E-state index in [1.165, 1.54) is 0 Å². The molecular formula is C8H8N2O. The highest BCUT2D eigenvalue weighted by molar-refractivity contribution is 5.55. The Morgan fingerprint density at radius 3 is 3.18 bits per heavy atom. The third kappa shape index (κ3) is 1.94. The number of carbonyl (C=O) groups is 1. The predicted molar refractivity (Wildman–Crippen MR) is 40.9 cm³/mol. The quantitative estimate of drug-likeness (QED) is 0.469. The molecule has 0 aliphatic heterocycles. The summed E-state index contributed by atoms with van der Waals surface area (Å²) in [6, 6.07) is 0. The molecule has 0 aliphatic rings. The number of hydrogen-bond donors (Lipinski definition) is 1. The van der Waals surface area contributed by atoms with Gasteiger partial charge in [-0.05, 0) is 6.92 Å². The van der Waals surface area contributed by atoms with Crippen molar-refractivity contribution < 1.29 is 4.79 Å². The molecule has 56 valence electrons. The molecule has 0 fully saturated rings. The lowest BCUT2D eigenvalue weighted by Gasteiger charge is -1.80. The number of aromatic nitrogens is 2. The molecule has 0 aliphatic carbocycles. The minimum absolute atomic E-state index is 0.282. The average molecular weight is 148 g/mol. The van der Waals surface area contributed by atoms with Gasteiger partial charge in [0.2, 0.25) is 0 Å². The molecule has 3 nitrogen and oxygen atoms in total. The van der Waals surface area contributed by atoms with Crippen LogP contribution in [0, 0.1) is 18.8 Å². The molecular weight excluding hydrogens is 140 g/mol. The summed E-state index contributed by atoms with van der Waals surface area (Å²) in [6.45, 7) is 1.89. The normalized spacial score (nSPS) is 8.45. The summed E-state index contributed by atoms with van der Waals surface area (Å²) in [5, 5.41) is 6.54. The molecule has 0 spiro atoms. The third-order valence-electron chi connectivity index (χ3n) is 1.24. The number of aromatic amines is 1. The molecule has 0 atom stereocenters. The second-order valence-electron chi connectivity index (χ2n) is 2.08. The molecule has 0 radical (unpaired) electrons. The zero-order chi connectivity index (χ0) is 8.10. The number of aldehydes is 1. The molecule has 1 aromatic rings. The number of carbonyl (C=O) groups excluding carboxylic acids is 1. The summed E-state index contributed by atoms with van der Waals surface area (Å²) in [5.41, 5.74) is 1.79. The average Bonchev–Trinajstić information content (AvgIpc) is 2.37. The van der Waals surface area contributed by atoms with Crippen LogP contribution in [0.5, 0.6) is 0 Å². The number of aryl methyl sites for hydroxylation is 1. The standard InChI is InChI=1S/C8H8N2O/c1-7-8(6-9-10-7)4-2-3-5-11/h5-6H,3H2,1H3,(H,9,10). The highest BCUT2D eigenvalue weighted by Gasteiger charge is 1.92. The van der Waals surface area contributed by atoms with Gasteiger partial charge in [-0.2, -0.15) is 5.10 Å². The van der Waals surface area contributed by atoms with E-state index in [1.807, 2.05) is 6.92 Å². The Morgan fingerprint density at radius 2 is 2.64 bits per heavy atom. The van der Waals surface area contributed by atoms with Crippen molar-refractivity contribution in [1.82, 2.24) is 10.2 Å². The van der Waals surface area contributed by atoms with Crippen LogP contribution in [0.4, 0.5) is 0 Å². The van der Waals surface area contributed by atoms with Crippen molar-refractivity contribution in [3.63, 3.8) is 0 Å². The Labute approximate surface area is 64.8 Å². The van der Waals surface area contributed by atoms with Gasteiger partial charge >= 0.3 is 0 Å². The highest BCUT2D eigenvalue weighted by Crippen LogP contribution is 1.98. The fourth-order valence-corrected chi connectivity index (χ4v) is 0.665. The molecule has 0 aromatic carbocycles. The van der Waals surface area contributed by atoms with E-state index in [4.69, 9.17) is 0 Å². The van der Waals surface area contributed by atoms with Gasteiger partial charge in [0.05, 0.1) is 18.2 Å². The lowest BCUT2D eigenvalue weighted by atomic mass is 10.2. The number of hydrogen-bond acceptors (Lipinski definition) is 2. The van der Waals surface area contributed by atoms with Crippen molar-refractivity contribution in [2.45, 2.75) is 13.3 Å². The maximum absolute atomic E-state index is 9.89. The Morgan fingerprint density at radius 1 is 1.82 bits per heavy atom. The summed E-state index contributed by atoms with van der Waals surface area (Å²) >= 11 is 0. The summed E-state index contributed by atoms with van der Waals surface area (Å²) in [7, 11) is 0. The van der Waals surface area contributed by atoms with Gasteiger partial charge in [-0.15, -0.1) is 0 Å². The summed E-state index contributed by atoms with van der Waals surface area (Å²) in [6.07, 6.45) is 2.71. The molecule has 0 amide bonds. The van der Waals surface area contributed by atoms with Gasteiger partial charge in [0, 0.05) is 5.69 Å². The van der Waals surface area contributed by atoms with Gasteiger partial charge < -0.3 is 4.79 Å². The minimum atomic E-state index is 0.282. The maximum atomic E-state index is 9.89. The molecule has 0 saturated heterocycles. The van der Waals surface area contributed by atoms with E-state index in [1.54, 1.807) is 6.20 Å². The number of nitrogens with zero attached hydrogens (tertiary/aromatic N) is 1. The highest BCUT2D eigenvalue weighted by atomic mass is 16.1. The topological polar surface area (TPSA) is 45.8 Å². The summed E-state index contributed by atoms with van der Waals surface area (Å²) in [5.74, 6) is 5.52. The van der Waals surface area contributed by atoms with E-state index in [-0.39, 0.29) is 6.42 Å². The van der Waals surface area contributed by atoms with Crippen molar-refractivity contribution in [2.75, 3.05) is 0 Å². The number of nitrogens with one attached hydrogen (secondary N) is 1. The van der Waals surface area contributed by atoms with E-state index in [0.717, 1.165) is 17.5 Å². The van der Waals surface area contributed by atoms with Crippen LogP contribution in [0.15, 0.2) is 6.20 Å². The van der Waals surface area contributed by atoms with E-state index >= 15 is 0 Å². The molecule has 0 unspecified atom stereocenters. The SMILES string of the molecule is Cc1[nH]ncc1C#CCC=O. The molecule has 1 heterocycles. The fraction of sp³-hybridized carbons (Fsp3) is 0.250. The minimum Gasteiger partial charge on any atom is -0.302 e. The molecule has 0 saturated carbocycles. The Kier molecular flexibility index (Phi) is 2.45. The van der Waals surface area contributed by atoms with E-state index in [0.29, 0.717) is 0 Å². The van der Waals surface area contributed by atoms with Crippen LogP contribution in [0.25, 0.3) is 0 Å². The van der Waals surface area contributed by atoms with Crippen molar-refractivity contribution >= 4 is 6.29 Å². The monoisotopic (exact) mass is 148 g/mol. The van der Waals surface area contributed by atoms with Gasteiger partial charge in [0.25, 0.3) is 0 Å². The molecule has 1 N–H and O–H groups in total. The van der Waals surface area contributed by atoms with Gasteiger partial charge in [-0.1, -0.05) is 11.8 Å². The predicted octanol–water partition coefficient (Wildman–Crippen LogP) is 0.659. The first-order valence-electron chi connectivity index (χ1n) is 3.27. The first-order valence-corrected chi connectivity index (χ1v) is 3.27. The molecule has 11 heavy (non-hydrogen) atoms. The third-order valence-corrected chi connectivity index (χ3v) is 1.24. The fourth-order valence-electron chi connectivity index (χ4n) is 0.665. The van der Waals surface area contributed by atoms with Gasteiger partial charge in [0.1, 0.15) is 6.29 Å². The molecule has 3 heteroatoms. The van der Waals surface area contributed by atoms with Gasteiger partial charge in [-0.3, -0.25) is 5.10 Å². The lowest BCUT2D eigenvalue weighted by Crippen LogP contribution is -1.75. The summed E-state index contributed by atoms with van der Waals surface area (Å²) < 4.78 is 0. The van der Waals surface area contributed by atoms with Crippen molar-refractivity contribution in [3.05, 3.63) is 17.5 Å². The first kappa shape index (κ1) is 7.55. The lowest BCUT2D eigenvalue weighted by molar-refractivity contribution is -0.107. The second kappa shape index (κ2) is 3.57. The second-order valence-corrected chi connectivity index (χ2v) is 2.08. The van der Waals surface area contributed by atoms with Crippen molar-refractivity contribution in [1.29, 1.82) is 0 Å². The van der Waals surface area contributed by atoms with Gasteiger partial charge in [-0.25, -0.2) is 0 Å². The van der Waals surface area contributed by atoms with Crippen LogP contribution < -0.4 is 0 Å². The largest absolute Gasteiger partial charge is 0.302 e. The zero-order valence-corrected chi connectivity index (χ0v) is 6.22. The zero-order valence-electron chi connectivity index (χ0n) is 6.22. The maximum Gasteiger partial charge on any atom is 0.131 e. The van der Waals surface area contributed by atoms with Crippen LogP contribution in [-0.2, 0) is 4.79 Å². The van der Waals surface area contributed by atoms with Crippen LogP contribution in [0.3, 0.4) is 0 Å². The van der Waals surface area contributed by atoms with Gasteiger partial charge in [0.15, 0.2) is 0 Å². The van der Waals surface area contributed by atoms with E-state index in [2.05, 4.69) is 22.0 Å².